The maximum absolute atomic E-state index is 10.9. The van der Waals surface area contributed by atoms with Gasteiger partial charge in [-0.2, -0.15) is 0 Å². The standard InChI is InChI=1S/C15H17NO4/c1-15(2)10-12(16-19-9-8-14(17)18-3)11-6-4-5-7-13(11)20-15/h4-9H,10H2,1-3H3/b9-8+,16-12+. The van der Waals surface area contributed by atoms with Crippen LogP contribution in [0.15, 0.2) is 41.8 Å². The Morgan fingerprint density at radius 2 is 2.15 bits per heavy atom. The highest BCUT2D eigenvalue weighted by molar-refractivity contribution is 6.04. The van der Waals surface area contributed by atoms with E-state index in [0.29, 0.717) is 6.42 Å². The highest BCUT2D eigenvalue weighted by atomic mass is 16.6. The SMILES string of the molecule is COC(=O)/C=C/O/N=C1\CC(C)(C)Oc2ccccc21. The lowest BCUT2D eigenvalue weighted by Gasteiger charge is -2.32. The highest BCUT2D eigenvalue weighted by Gasteiger charge is 2.31. The molecule has 0 aromatic heterocycles. The minimum absolute atomic E-state index is 0.345. The third-order valence-electron chi connectivity index (χ3n) is 2.81. The number of carbonyl (C=O) groups is 1. The molecule has 0 N–H and O–H groups in total. The van der Waals surface area contributed by atoms with Gasteiger partial charge >= 0.3 is 5.97 Å². The largest absolute Gasteiger partial charge is 0.487 e. The Morgan fingerprint density at radius 3 is 2.90 bits per heavy atom. The topological polar surface area (TPSA) is 57.1 Å². The summed E-state index contributed by atoms with van der Waals surface area (Å²) in [6.07, 6.45) is 2.99. The molecule has 5 nitrogen and oxygen atoms in total. The fourth-order valence-corrected chi connectivity index (χ4v) is 1.96. The van der Waals surface area contributed by atoms with E-state index in [1.165, 1.54) is 19.4 Å². The number of oxime groups is 1. The van der Waals surface area contributed by atoms with Gasteiger partial charge in [-0.3, -0.25) is 0 Å². The van der Waals surface area contributed by atoms with E-state index < -0.39 is 5.97 Å². The van der Waals surface area contributed by atoms with Gasteiger partial charge in [-0.05, 0) is 26.0 Å². The second kappa shape index (κ2) is 5.77. The molecule has 1 heterocycles. The number of hydrogen-bond donors (Lipinski definition) is 0. The van der Waals surface area contributed by atoms with Crippen molar-refractivity contribution in [2.45, 2.75) is 25.9 Å². The van der Waals surface area contributed by atoms with Gasteiger partial charge in [0.1, 0.15) is 17.6 Å². The second-order valence-electron chi connectivity index (χ2n) is 5.00. The number of fused-ring (bicyclic) bond motifs is 1. The number of para-hydroxylation sites is 1. The molecule has 106 valence electrons. The molecule has 0 saturated carbocycles. The second-order valence-corrected chi connectivity index (χ2v) is 5.00. The molecule has 0 radical (unpaired) electrons. The first-order valence-corrected chi connectivity index (χ1v) is 6.27. The van der Waals surface area contributed by atoms with Crippen molar-refractivity contribution in [1.82, 2.24) is 0 Å². The molecule has 0 atom stereocenters. The molecule has 0 unspecified atom stereocenters. The highest BCUT2D eigenvalue weighted by Crippen LogP contribution is 2.33. The van der Waals surface area contributed by atoms with Gasteiger partial charge in [0.2, 0.25) is 0 Å². The van der Waals surface area contributed by atoms with Crippen molar-refractivity contribution in [2.75, 3.05) is 7.11 Å². The third kappa shape index (κ3) is 3.38. The zero-order valence-corrected chi connectivity index (χ0v) is 11.8. The first kappa shape index (κ1) is 14.1. The first-order chi connectivity index (χ1) is 9.52. The molecule has 1 aliphatic rings. The van der Waals surface area contributed by atoms with Crippen LogP contribution in [0.5, 0.6) is 5.75 Å². The molecule has 0 aliphatic carbocycles. The average molecular weight is 275 g/mol. The van der Waals surface area contributed by atoms with Gasteiger partial charge in [-0.25, -0.2) is 4.79 Å². The molecule has 0 saturated heterocycles. The Kier molecular flexibility index (Phi) is 4.08. The third-order valence-corrected chi connectivity index (χ3v) is 2.81. The summed E-state index contributed by atoms with van der Waals surface area (Å²) in [5.74, 6) is 0.293. The van der Waals surface area contributed by atoms with Crippen molar-refractivity contribution >= 4 is 11.7 Å². The quantitative estimate of drug-likeness (QED) is 0.368. The van der Waals surface area contributed by atoms with Gasteiger partial charge in [0.25, 0.3) is 0 Å². The summed E-state index contributed by atoms with van der Waals surface area (Å²) in [4.78, 5) is 16.0. The van der Waals surface area contributed by atoms with Crippen LogP contribution >= 0.6 is 0 Å². The predicted octanol–water partition coefficient (Wildman–Crippen LogP) is 2.66. The zero-order chi connectivity index (χ0) is 14.6. The summed E-state index contributed by atoms with van der Waals surface area (Å²) >= 11 is 0. The monoisotopic (exact) mass is 275 g/mol. The smallest absolute Gasteiger partial charge is 0.333 e. The Labute approximate surface area is 117 Å². The summed E-state index contributed by atoms with van der Waals surface area (Å²) in [6, 6.07) is 7.66. The number of methoxy groups -OCH3 is 1. The van der Waals surface area contributed by atoms with Gasteiger partial charge in [-0.15, -0.1) is 0 Å². The van der Waals surface area contributed by atoms with Gasteiger partial charge in [-0.1, -0.05) is 17.3 Å². The van der Waals surface area contributed by atoms with Crippen LogP contribution in [0, 0.1) is 0 Å². The molecular weight excluding hydrogens is 258 g/mol. The molecule has 0 bridgehead atoms. The number of rotatable bonds is 3. The lowest BCUT2D eigenvalue weighted by molar-refractivity contribution is -0.135. The first-order valence-electron chi connectivity index (χ1n) is 6.27. The van der Waals surface area contributed by atoms with Crippen molar-refractivity contribution in [3.8, 4) is 5.75 Å². The number of ether oxygens (including phenoxy) is 2. The molecule has 0 fully saturated rings. The Morgan fingerprint density at radius 1 is 1.40 bits per heavy atom. The molecular formula is C15H17NO4. The van der Waals surface area contributed by atoms with Crippen LogP contribution in [0.2, 0.25) is 0 Å². The number of esters is 1. The van der Waals surface area contributed by atoms with Crippen LogP contribution in [0.3, 0.4) is 0 Å². The Hall–Kier alpha value is -2.30. The lowest BCUT2D eigenvalue weighted by atomic mass is 9.92. The maximum atomic E-state index is 10.9. The fourth-order valence-electron chi connectivity index (χ4n) is 1.96. The maximum Gasteiger partial charge on any atom is 0.333 e. The van der Waals surface area contributed by atoms with Gasteiger partial charge in [0.15, 0.2) is 0 Å². The van der Waals surface area contributed by atoms with Crippen molar-refractivity contribution in [3.05, 3.63) is 42.2 Å². The van der Waals surface area contributed by atoms with Crippen LogP contribution in [0.4, 0.5) is 0 Å². The number of carbonyl (C=O) groups excluding carboxylic acids is 1. The van der Waals surface area contributed by atoms with Crippen LogP contribution in [0.25, 0.3) is 0 Å². The Bertz CT molecular complexity index is 561. The molecule has 1 aliphatic heterocycles. The lowest BCUT2D eigenvalue weighted by Crippen LogP contribution is -2.36. The van der Waals surface area contributed by atoms with Crippen LogP contribution in [0.1, 0.15) is 25.8 Å². The van der Waals surface area contributed by atoms with Crippen molar-refractivity contribution < 1.29 is 19.1 Å². The minimum Gasteiger partial charge on any atom is -0.487 e. The van der Waals surface area contributed by atoms with Gasteiger partial charge < -0.3 is 14.3 Å². The molecule has 2 rings (SSSR count). The average Bonchev–Trinajstić information content (AvgIpc) is 2.41. The molecule has 20 heavy (non-hydrogen) atoms. The minimum atomic E-state index is -0.488. The molecule has 1 aromatic carbocycles. The summed E-state index contributed by atoms with van der Waals surface area (Å²) in [5.41, 5.74) is 1.34. The van der Waals surface area contributed by atoms with Gasteiger partial charge in [0.05, 0.1) is 18.9 Å². The normalized spacial score (nSPS) is 18.4. The van der Waals surface area contributed by atoms with Crippen molar-refractivity contribution in [2.24, 2.45) is 5.16 Å². The Balaban J connectivity index is 2.18. The van der Waals surface area contributed by atoms with E-state index in [1.807, 2.05) is 38.1 Å². The molecule has 1 aromatic rings. The van der Waals surface area contributed by atoms with E-state index in [4.69, 9.17) is 9.57 Å². The van der Waals surface area contributed by atoms with E-state index >= 15 is 0 Å². The zero-order valence-electron chi connectivity index (χ0n) is 11.8. The molecule has 0 amide bonds. The summed E-state index contributed by atoms with van der Waals surface area (Å²) in [6.45, 7) is 3.98. The van der Waals surface area contributed by atoms with E-state index in [2.05, 4.69) is 9.89 Å². The van der Waals surface area contributed by atoms with Crippen molar-refractivity contribution in [1.29, 1.82) is 0 Å². The predicted molar refractivity (Wildman–Crippen MR) is 74.5 cm³/mol. The number of hydrogen-bond acceptors (Lipinski definition) is 5. The van der Waals surface area contributed by atoms with E-state index in [0.717, 1.165) is 17.0 Å². The molecule has 0 spiro atoms. The van der Waals surface area contributed by atoms with E-state index in [-0.39, 0.29) is 5.60 Å². The van der Waals surface area contributed by atoms with E-state index in [9.17, 15) is 4.79 Å². The molecule has 5 heteroatoms. The number of nitrogens with zero attached hydrogens (tertiary/aromatic N) is 1. The van der Waals surface area contributed by atoms with Crippen LogP contribution < -0.4 is 4.74 Å². The summed E-state index contributed by atoms with van der Waals surface area (Å²) < 4.78 is 10.3. The van der Waals surface area contributed by atoms with Crippen LogP contribution in [-0.2, 0) is 14.4 Å². The fraction of sp³-hybridized carbons (Fsp3) is 0.333. The summed E-state index contributed by atoms with van der Waals surface area (Å²) in [5, 5.41) is 4.07. The number of benzene rings is 1. The van der Waals surface area contributed by atoms with Gasteiger partial charge in [0, 0.05) is 12.0 Å². The summed E-state index contributed by atoms with van der Waals surface area (Å²) in [7, 11) is 1.30. The van der Waals surface area contributed by atoms with Crippen molar-refractivity contribution in [3.63, 3.8) is 0 Å². The van der Waals surface area contributed by atoms with E-state index in [1.54, 1.807) is 0 Å². The van der Waals surface area contributed by atoms with Crippen LogP contribution in [-0.4, -0.2) is 24.4 Å².